The maximum Gasteiger partial charge on any atom is 0.129 e. The zero-order chi connectivity index (χ0) is 22.2. The molecule has 0 radical (unpaired) electrons. The number of allylic oxidation sites excluding steroid dienone is 2. The third-order valence-corrected chi connectivity index (χ3v) is 7.53. The van der Waals surface area contributed by atoms with Crippen LogP contribution in [0.3, 0.4) is 0 Å². The number of benzene rings is 3. The van der Waals surface area contributed by atoms with E-state index in [2.05, 4.69) is 89.5 Å². The van der Waals surface area contributed by atoms with Crippen LogP contribution < -0.4 is 0 Å². The highest BCUT2D eigenvalue weighted by molar-refractivity contribution is 6.03. The summed E-state index contributed by atoms with van der Waals surface area (Å²) in [6.45, 7) is 1.96. The van der Waals surface area contributed by atoms with Gasteiger partial charge in [-0.3, -0.25) is 0 Å². The van der Waals surface area contributed by atoms with Crippen molar-refractivity contribution in [1.29, 1.82) is 0 Å². The van der Waals surface area contributed by atoms with Gasteiger partial charge in [-0.1, -0.05) is 54.6 Å². The van der Waals surface area contributed by atoms with Gasteiger partial charge in [-0.15, -0.1) is 0 Å². The number of aliphatic hydroxyl groups is 1. The average Bonchev–Trinajstić information content (AvgIpc) is 3.16. The molecule has 3 heteroatoms. The number of rotatable bonds is 1. The Morgan fingerprint density at radius 3 is 2.48 bits per heavy atom. The molecule has 3 nitrogen and oxygen atoms in total. The molecule has 1 saturated heterocycles. The zero-order valence-corrected chi connectivity index (χ0v) is 18.5. The Morgan fingerprint density at radius 2 is 1.67 bits per heavy atom. The molecule has 3 aliphatic rings. The van der Waals surface area contributed by atoms with Gasteiger partial charge in [-0.05, 0) is 67.0 Å². The molecule has 0 saturated carbocycles. The van der Waals surface area contributed by atoms with Crippen molar-refractivity contribution in [1.82, 2.24) is 4.57 Å². The van der Waals surface area contributed by atoms with Crippen LogP contribution in [0.2, 0.25) is 0 Å². The first-order chi connectivity index (χ1) is 16.1. The van der Waals surface area contributed by atoms with Gasteiger partial charge in [-0.25, -0.2) is 0 Å². The lowest BCUT2D eigenvalue weighted by molar-refractivity contribution is -0.0286. The van der Waals surface area contributed by atoms with Gasteiger partial charge < -0.3 is 14.4 Å². The Hall–Kier alpha value is -3.56. The van der Waals surface area contributed by atoms with Crippen molar-refractivity contribution in [2.75, 3.05) is 0 Å². The largest absolute Gasteiger partial charge is 0.485 e. The minimum absolute atomic E-state index is 0.213. The quantitative estimate of drug-likeness (QED) is 0.366. The van der Waals surface area contributed by atoms with Gasteiger partial charge >= 0.3 is 0 Å². The van der Waals surface area contributed by atoms with E-state index in [0.29, 0.717) is 0 Å². The zero-order valence-electron chi connectivity index (χ0n) is 18.5. The molecule has 7 rings (SSSR count). The monoisotopic (exact) mass is 431 g/mol. The van der Waals surface area contributed by atoms with Crippen molar-refractivity contribution in [3.8, 4) is 5.69 Å². The number of ether oxygens (including phenoxy) is 1. The summed E-state index contributed by atoms with van der Waals surface area (Å²) in [5.41, 5.74) is 4.44. The SMILES string of the molecule is CC1(O)C2=CCCC=C2OC2C=Cc3c(n(-c4ccccc4)c4cc5ccccc5cc34)C21. The minimum atomic E-state index is -1.03. The third kappa shape index (κ3) is 2.60. The van der Waals surface area contributed by atoms with Crippen molar-refractivity contribution in [2.45, 2.75) is 37.4 Å². The maximum absolute atomic E-state index is 12.1. The van der Waals surface area contributed by atoms with E-state index < -0.39 is 5.60 Å². The number of hydrogen-bond donors (Lipinski definition) is 1. The van der Waals surface area contributed by atoms with Crippen LogP contribution in [0.15, 0.2) is 96.3 Å². The van der Waals surface area contributed by atoms with Gasteiger partial charge in [0.2, 0.25) is 0 Å². The Kier molecular flexibility index (Phi) is 3.86. The summed E-state index contributed by atoms with van der Waals surface area (Å²) in [4.78, 5) is 0. The van der Waals surface area contributed by atoms with Crippen molar-refractivity contribution in [2.24, 2.45) is 0 Å². The van der Waals surface area contributed by atoms with Crippen molar-refractivity contribution < 1.29 is 9.84 Å². The normalized spacial score (nSPS) is 25.6. The van der Waals surface area contributed by atoms with Gasteiger partial charge in [0.15, 0.2) is 0 Å². The molecule has 0 amide bonds. The number of fused-ring (bicyclic) bond motifs is 7. The van der Waals surface area contributed by atoms with E-state index in [9.17, 15) is 5.11 Å². The van der Waals surface area contributed by atoms with Gasteiger partial charge in [0.25, 0.3) is 0 Å². The number of aromatic nitrogens is 1. The summed E-state index contributed by atoms with van der Waals surface area (Å²) in [5, 5.41) is 15.7. The summed E-state index contributed by atoms with van der Waals surface area (Å²) in [6.07, 6.45) is 10.3. The molecule has 2 aliphatic carbocycles. The van der Waals surface area contributed by atoms with Crippen LogP contribution in [0.1, 0.15) is 36.9 Å². The molecule has 3 aromatic carbocycles. The molecular formula is C30H25NO2. The molecule has 4 aromatic rings. The van der Waals surface area contributed by atoms with Crippen LogP contribution in [0.5, 0.6) is 0 Å². The molecule has 0 bridgehead atoms. The molecule has 162 valence electrons. The van der Waals surface area contributed by atoms with E-state index in [-0.39, 0.29) is 12.0 Å². The first kappa shape index (κ1) is 19.0. The van der Waals surface area contributed by atoms with Crippen LogP contribution in [0, 0.1) is 0 Å². The van der Waals surface area contributed by atoms with E-state index in [1.165, 1.54) is 21.7 Å². The van der Waals surface area contributed by atoms with E-state index in [4.69, 9.17) is 4.74 Å². The van der Waals surface area contributed by atoms with Crippen molar-refractivity contribution in [3.63, 3.8) is 0 Å². The summed E-state index contributed by atoms with van der Waals surface area (Å²) in [5.74, 6) is 0.628. The Labute approximate surface area is 192 Å². The molecule has 3 atom stereocenters. The average molecular weight is 432 g/mol. The maximum atomic E-state index is 12.1. The minimum Gasteiger partial charge on any atom is -0.485 e. The van der Waals surface area contributed by atoms with Crippen LogP contribution in [-0.2, 0) is 4.74 Å². The topological polar surface area (TPSA) is 34.4 Å². The predicted molar refractivity (Wildman–Crippen MR) is 133 cm³/mol. The molecule has 33 heavy (non-hydrogen) atoms. The van der Waals surface area contributed by atoms with E-state index in [1.807, 2.05) is 13.0 Å². The van der Waals surface area contributed by atoms with Crippen LogP contribution in [0.4, 0.5) is 0 Å². The van der Waals surface area contributed by atoms with E-state index >= 15 is 0 Å². The molecule has 1 aliphatic heterocycles. The Bertz CT molecular complexity index is 1520. The number of para-hydroxylation sites is 1. The summed E-state index contributed by atoms with van der Waals surface area (Å²) >= 11 is 0. The lowest BCUT2D eigenvalue weighted by Gasteiger charge is -2.47. The fraction of sp³-hybridized carbons (Fsp3) is 0.200. The van der Waals surface area contributed by atoms with Crippen molar-refractivity contribution in [3.05, 3.63) is 108 Å². The Balaban J connectivity index is 1.58. The summed E-state index contributed by atoms with van der Waals surface area (Å²) in [7, 11) is 0. The second-order valence-corrected chi connectivity index (χ2v) is 9.52. The lowest BCUT2D eigenvalue weighted by atomic mass is 9.70. The number of nitrogens with zero attached hydrogens (tertiary/aromatic N) is 1. The summed E-state index contributed by atoms with van der Waals surface area (Å²) in [6, 6.07) is 23.6. The molecule has 2 heterocycles. The van der Waals surface area contributed by atoms with Gasteiger partial charge in [0.05, 0.1) is 11.4 Å². The highest BCUT2D eigenvalue weighted by Gasteiger charge is 2.51. The van der Waals surface area contributed by atoms with Crippen LogP contribution in [0.25, 0.3) is 33.4 Å². The van der Waals surface area contributed by atoms with Gasteiger partial charge in [0.1, 0.15) is 17.5 Å². The first-order valence-corrected chi connectivity index (χ1v) is 11.7. The first-order valence-electron chi connectivity index (χ1n) is 11.7. The highest BCUT2D eigenvalue weighted by Crippen LogP contribution is 2.52. The molecule has 0 spiro atoms. The smallest absolute Gasteiger partial charge is 0.129 e. The second kappa shape index (κ2) is 6.72. The Morgan fingerprint density at radius 1 is 0.939 bits per heavy atom. The molecule has 1 aromatic heterocycles. The molecule has 1 fully saturated rings. The van der Waals surface area contributed by atoms with Gasteiger partial charge in [-0.2, -0.15) is 0 Å². The lowest BCUT2D eigenvalue weighted by Crippen LogP contribution is -2.49. The van der Waals surface area contributed by atoms with Crippen LogP contribution in [-0.4, -0.2) is 21.4 Å². The molecule has 3 unspecified atom stereocenters. The highest BCUT2D eigenvalue weighted by atomic mass is 16.5. The van der Waals surface area contributed by atoms with E-state index in [0.717, 1.165) is 41.1 Å². The fourth-order valence-electron chi connectivity index (χ4n) is 6.04. The standard InChI is InChI=1S/C30H25NO2/c1-30(32)24-13-7-8-14-26(24)33-27-16-15-22-23-17-19-9-5-6-10-20(19)18-25(23)31(29(22)28(27)30)21-11-3-2-4-12-21/h2-6,9-18,27-28,32H,7-8H2,1H3. The second-order valence-electron chi connectivity index (χ2n) is 9.52. The fourth-order valence-corrected chi connectivity index (χ4v) is 6.04. The third-order valence-electron chi connectivity index (χ3n) is 7.53. The van der Waals surface area contributed by atoms with Gasteiger partial charge in [0, 0.05) is 27.9 Å². The predicted octanol–water partition coefficient (Wildman–Crippen LogP) is 6.65. The molecular weight excluding hydrogens is 406 g/mol. The summed E-state index contributed by atoms with van der Waals surface area (Å²) < 4.78 is 8.83. The van der Waals surface area contributed by atoms with Crippen molar-refractivity contribution >= 4 is 27.8 Å². The van der Waals surface area contributed by atoms with E-state index in [1.54, 1.807) is 0 Å². The number of hydrogen-bond acceptors (Lipinski definition) is 2. The molecule has 1 N–H and O–H groups in total. The van der Waals surface area contributed by atoms with Crippen LogP contribution >= 0.6 is 0 Å².